The normalized spacial score (nSPS) is 18.6. The van der Waals surface area contributed by atoms with Crippen molar-refractivity contribution >= 4 is 34.4 Å². The summed E-state index contributed by atoms with van der Waals surface area (Å²) in [6, 6.07) is 5.81. The number of aromatic nitrogens is 4. The zero-order valence-corrected chi connectivity index (χ0v) is 21.3. The molecule has 2 aromatic heterocycles. The van der Waals surface area contributed by atoms with E-state index in [1.807, 2.05) is 12.1 Å². The standard InChI is InChI=1S/C26H32N8O3/c1-4-23(35)33-9-5-6-19(17-33)34-24(36)16-27-21-15-28-26(30-25(21)34)29-20-8-7-18(14-22(20)37-3)32-12-10-31(2)11-13-32/h4,7-8,14-16,19H,1,5-6,9-13,17H2,2-3H3,(H,28,29,30)/t19-/m1/s1. The van der Waals surface area contributed by atoms with Crippen molar-refractivity contribution in [2.75, 3.05) is 63.6 Å². The number of nitrogens with zero attached hydrogens (tertiary/aromatic N) is 7. The monoisotopic (exact) mass is 504 g/mol. The first-order valence-electron chi connectivity index (χ1n) is 12.5. The number of benzene rings is 1. The molecule has 37 heavy (non-hydrogen) atoms. The molecule has 2 saturated heterocycles. The number of carbonyl (C=O) groups excluding carboxylic acids is 1. The Hall–Kier alpha value is -3.99. The Morgan fingerprint density at radius 2 is 1.97 bits per heavy atom. The van der Waals surface area contributed by atoms with E-state index in [9.17, 15) is 9.59 Å². The molecular weight excluding hydrogens is 472 g/mol. The van der Waals surface area contributed by atoms with Gasteiger partial charge in [-0.15, -0.1) is 0 Å². The van der Waals surface area contributed by atoms with Crippen LogP contribution in [0.1, 0.15) is 18.9 Å². The SMILES string of the molecule is C=CC(=O)N1CCC[C@@H](n2c(=O)cnc3cnc(Nc4ccc(N5CCN(C)CC5)cc4OC)nc32)C1. The number of methoxy groups -OCH3 is 1. The van der Waals surface area contributed by atoms with Crippen molar-refractivity contribution in [2.24, 2.45) is 0 Å². The van der Waals surface area contributed by atoms with E-state index in [-0.39, 0.29) is 17.5 Å². The molecule has 0 saturated carbocycles. The molecule has 0 aliphatic carbocycles. The Bertz CT molecular complexity index is 1370. The molecule has 2 aliphatic rings. The molecule has 1 atom stereocenters. The lowest BCUT2D eigenvalue weighted by Crippen LogP contribution is -2.44. The van der Waals surface area contributed by atoms with Gasteiger partial charge in [0.15, 0.2) is 5.65 Å². The maximum Gasteiger partial charge on any atom is 0.270 e. The molecule has 2 aliphatic heterocycles. The van der Waals surface area contributed by atoms with E-state index in [0.29, 0.717) is 36.0 Å². The van der Waals surface area contributed by atoms with Crippen molar-refractivity contribution in [1.29, 1.82) is 0 Å². The second-order valence-electron chi connectivity index (χ2n) is 9.45. The number of hydrogen-bond acceptors (Lipinski definition) is 9. The molecule has 11 heteroatoms. The summed E-state index contributed by atoms with van der Waals surface area (Å²) in [5, 5.41) is 3.24. The minimum Gasteiger partial charge on any atom is -0.494 e. The molecule has 1 amide bonds. The van der Waals surface area contributed by atoms with Crippen LogP contribution < -0.4 is 20.5 Å². The summed E-state index contributed by atoms with van der Waals surface area (Å²) >= 11 is 0. The molecule has 1 aromatic carbocycles. The number of anilines is 3. The first-order chi connectivity index (χ1) is 18.0. The van der Waals surface area contributed by atoms with Crippen molar-refractivity contribution in [2.45, 2.75) is 18.9 Å². The Labute approximate surface area is 215 Å². The fourth-order valence-electron chi connectivity index (χ4n) is 5.00. The number of carbonyl (C=O) groups is 1. The molecule has 3 aromatic rings. The van der Waals surface area contributed by atoms with Gasteiger partial charge in [-0.3, -0.25) is 14.2 Å². The number of piperazine rings is 1. The summed E-state index contributed by atoms with van der Waals surface area (Å²) in [7, 11) is 3.77. The predicted octanol–water partition coefficient (Wildman–Crippen LogP) is 2.04. The van der Waals surface area contributed by atoms with Crippen LogP contribution in [0, 0.1) is 0 Å². The van der Waals surface area contributed by atoms with E-state index in [4.69, 9.17) is 4.74 Å². The zero-order valence-electron chi connectivity index (χ0n) is 21.3. The first kappa shape index (κ1) is 24.7. The van der Waals surface area contributed by atoms with Crippen LogP contribution >= 0.6 is 0 Å². The van der Waals surface area contributed by atoms with Crippen LogP contribution in [0.4, 0.5) is 17.3 Å². The molecule has 0 radical (unpaired) electrons. The van der Waals surface area contributed by atoms with Gasteiger partial charge in [0.2, 0.25) is 11.9 Å². The van der Waals surface area contributed by atoms with Gasteiger partial charge in [0.25, 0.3) is 5.56 Å². The Morgan fingerprint density at radius 1 is 1.16 bits per heavy atom. The number of likely N-dealkylation sites (tertiary alicyclic amines) is 1. The lowest BCUT2D eigenvalue weighted by atomic mass is 10.1. The van der Waals surface area contributed by atoms with E-state index in [1.54, 1.807) is 22.8 Å². The summed E-state index contributed by atoms with van der Waals surface area (Å²) in [5.41, 5.74) is 2.50. The second-order valence-corrected chi connectivity index (χ2v) is 9.45. The first-order valence-corrected chi connectivity index (χ1v) is 12.5. The largest absolute Gasteiger partial charge is 0.494 e. The molecule has 0 bridgehead atoms. The average molecular weight is 505 g/mol. The van der Waals surface area contributed by atoms with E-state index < -0.39 is 0 Å². The molecular formula is C26H32N8O3. The van der Waals surface area contributed by atoms with Gasteiger partial charge in [-0.25, -0.2) is 9.97 Å². The van der Waals surface area contributed by atoms with Gasteiger partial charge >= 0.3 is 0 Å². The number of nitrogens with one attached hydrogen (secondary N) is 1. The van der Waals surface area contributed by atoms with Gasteiger partial charge in [0.1, 0.15) is 11.3 Å². The fraction of sp³-hybridized carbons (Fsp3) is 0.423. The number of hydrogen-bond donors (Lipinski definition) is 1. The quantitative estimate of drug-likeness (QED) is 0.505. The molecule has 0 spiro atoms. The van der Waals surface area contributed by atoms with E-state index in [0.717, 1.165) is 50.4 Å². The van der Waals surface area contributed by atoms with Crippen molar-refractivity contribution in [3.8, 4) is 5.75 Å². The highest BCUT2D eigenvalue weighted by Crippen LogP contribution is 2.32. The third-order valence-electron chi connectivity index (χ3n) is 7.08. The van der Waals surface area contributed by atoms with Crippen LogP contribution in [0.15, 0.2) is 48.0 Å². The van der Waals surface area contributed by atoms with Gasteiger partial charge in [-0.1, -0.05) is 6.58 Å². The number of amides is 1. The van der Waals surface area contributed by atoms with Gasteiger partial charge in [0, 0.05) is 51.0 Å². The van der Waals surface area contributed by atoms with Gasteiger partial charge in [-0.05, 0) is 38.1 Å². The average Bonchev–Trinajstić information content (AvgIpc) is 2.93. The smallest absolute Gasteiger partial charge is 0.270 e. The maximum atomic E-state index is 12.9. The Balaban J connectivity index is 1.44. The highest BCUT2D eigenvalue weighted by molar-refractivity contribution is 5.87. The molecule has 5 rings (SSSR count). The highest BCUT2D eigenvalue weighted by Gasteiger charge is 2.26. The fourth-order valence-corrected chi connectivity index (χ4v) is 5.00. The number of fused-ring (bicyclic) bond motifs is 1. The van der Waals surface area contributed by atoms with Gasteiger partial charge < -0.3 is 24.8 Å². The van der Waals surface area contributed by atoms with Crippen molar-refractivity contribution < 1.29 is 9.53 Å². The van der Waals surface area contributed by atoms with E-state index in [2.05, 4.69) is 49.8 Å². The summed E-state index contributed by atoms with van der Waals surface area (Å²) in [6.45, 7) is 8.60. The lowest BCUT2D eigenvalue weighted by molar-refractivity contribution is -0.127. The van der Waals surface area contributed by atoms with Gasteiger partial charge in [0.05, 0.1) is 31.2 Å². The van der Waals surface area contributed by atoms with Crippen LogP contribution in [0.25, 0.3) is 11.2 Å². The molecule has 0 unspecified atom stereocenters. The summed E-state index contributed by atoms with van der Waals surface area (Å²) in [6.07, 6.45) is 5.73. The third-order valence-corrected chi connectivity index (χ3v) is 7.08. The van der Waals surface area contributed by atoms with Crippen LogP contribution in [0.5, 0.6) is 5.75 Å². The number of ether oxygens (including phenoxy) is 1. The number of likely N-dealkylation sites (N-methyl/N-ethyl adjacent to an activating group) is 1. The van der Waals surface area contributed by atoms with Crippen molar-refractivity contribution in [1.82, 2.24) is 29.3 Å². The van der Waals surface area contributed by atoms with Crippen LogP contribution in [0.3, 0.4) is 0 Å². The zero-order chi connectivity index (χ0) is 25.9. The highest BCUT2D eigenvalue weighted by atomic mass is 16.5. The number of piperidine rings is 1. The predicted molar refractivity (Wildman–Crippen MR) is 143 cm³/mol. The molecule has 1 N–H and O–H groups in total. The minimum absolute atomic E-state index is 0.139. The van der Waals surface area contributed by atoms with Crippen molar-refractivity contribution in [3.63, 3.8) is 0 Å². The molecule has 4 heterocycles. The molecule has 11 nitrogen and oxygen atoms in total. The maximum absolute atomic E-state index is 12.9. The summed E-state index contributed by atoms with van der Waals surface area (Å²) < 4.78 is 7.30. The second kappa shape index (κ2) is 10.6. The van der Waals surface area contributed by atoms with Gasteiger partial charge in [-0.2, -0.15) is 4.98 Å². The Kier molecular flexibility index (Phi) is 7.04. The van der Waals surface area contributed by atoms with Crippen LogP contribution in [0.2, 0.25) is 0 Å². The third kappa shape index (κ3) is 5.12. The lowest BCUT2D eigenvalue weighted by Gasteiger charge is -2.34. The molecule has 194 valence electrons. The number of rotatable bonds is 6. The van der Waals surface area contributed by atoms with Crippen LogP contribution in [-0.4, -0.2) is 88.7 Å². The topological polar surface area (TPSA) is 109 Å². The van der Waals surface area contributed by atoms with Crippen LogP contribution in [-0.2, 0) is 4.79 Å². The summed E-state index contributed by atoms with van der Waals surface area (Å²) in [4.78, 5) is 44.8. The van der Waals surface area contributed by atoms with E-state index >= 15 is 0 Å². The minimum atomic E-state index is -0.260. The molecule has 2 fully saturated rings. The Morgan fingerprint density at radius 3 is 2.73 bits per heavy atom. The van der Waals surface area contributed by atoms with Crippen molar-refractivity contribution in [3.05, 3.63) is 53.6 Å². The summed E-state index contributed by atoms with van der Waals surface area (Å²) in [5.74, 6) is 0.865. The van der Waals surface area contributed by atoms with E-state index in [1.165, 1.54) is 12.3 Å².